The van der Waals surface area contributed by atoms with Gasteiger partial charge in [0.1, 0.15) is 12.6 Å². The summed E-state index contributed by atoms with van der Waals surface area (Å²) in [5.74, 6) is -1.74. The van der Waals surface area contributed by atoms with Crippen LogP contribution < -0.4 is 0 Å². The standard InChI is InChI=1S/C18H16F2O2.C4H6O.C3H4O/c19-17-15-9-11(5-7-21)1-3-13(15)14-4-2-12(6-8-22)10-16(14)18(17)20;1-4(2)3-5;1-2-3-4/h1-4,9-10,21-22H,5-8H2;3H,1H2,2H3;2-3H,1H2. The molecule has 0 saturated heterocycles. The molecule has 3 aromatic rings. The number of rotatable bonds is 6. The molecule has 31 heavy (non-hydrogen) atoms. The molecule has 0 aliphatic carbocycles. The van der Waals surface area contributed by atoms with Crippen LogP contribution in [0.5, 0.6) is 0 Å². The van der Waals surface area contributed by atoms with Crippen molar-refractivity contribution in [2.45, 2.75) is 19.8 Å². The van der Waals surface area contributed by atoms with Gasteiger partial charge in [-0.2, -0.15) is 0 Å². The van der Waals surface area contributed by atoms with Crippen LogP contribution in [0.4, 0.5) is 8.78 Å². The summed E-state index contributed by atoms with van der Waals surface area (Å²) in [4.78, 5) is 18.5. The van der Waals surface area contributed by atoms with Gasteiger partial charge in [-0.25, -0.2) is 8.78 Å². The molecule has 0 aromatic heterocycles. The summed E-state index contributed by atoms with van der Waals surface area (Å²) in [5, 5.41) is 19.7. The number of halogens is 2. The average Bonchev–Trinajstić information content (AvgIpc) is 2.78. The molecule has 6 heteroatoms. The van der Waals surface area contributed by atoms with Crippen LogP contribution >= 0.6 is 0 Å². The summed E-state index contributed by atoms with van der Waals surface area (Å²) in [6.07, 6.45) is 3.37. The van der Waals surface area contributed by atoms with E-state index in [0.29, 0.717) is 35.5 Å². The number of carbonyl (C=O) groups is 2. The van der Waals surface area contributed by atoms with Crippen LogP contribution in [-0.4, -0.2) is 36.0 Å². The first-order chi connectivity index (χ1) is 14.8. The molecular weight excluding hydrogens is 402 g/mol. The van der Waals surface area contributed by atoms with Gasteiger partial charge in [0.25, 0.3) is 0 Å². The van der Waals surface area contributed by atoms with Crippen molar-refractivity contribution in [2.24, 2.45) is 0 Å². The Kier molecular flexibility index (Phi) is 11.0. The molecule has 2 N–H and O–H groups in total. The van der Waals surface area contributed by atoms with Crippen LogP contribution in [0, 0.1) is 11.6 Å². The Bertz CT molecular complexity index is 997. The fourth-order valence-electron chi connectivity index (χ4n) is 2.82. The van der Waals surface area contributed by atoms with E-state index in [1.807, 2.05) is 12.1 Å². The zero-order valence-electron chi connectivity index (χ0n) is 17.4. The molecule has 164 valence electrons. The molecule has 0 heterocycles. The van der Waals surface area contributed by atoms with E-state index in [0.717, 1.165) is 17.4 Å². The number of hydrogen-bond donors (Lipinski definition) is 2. The molecule has 0 aliphatic heterocycles. The Hall–Kier alpha value is -3.22. The minimum absolute atomic E-state index is 0.0340. The second-order valence-electron chi connectivity index (χ2n) is 6.67. The zero-order valence-corrected chi connectivity index (χ0v) is 17.4. The molecule has 3 rings (SSSR count). The molecule has 0 fully saturated rings. The predicted octanol–water partition coefficient (Wildman–Crippen LogP) is 4.47. The van der Waals surface area contributed by atoms with Crippen molar-refractivity contribution >= 4 is 34.1 Å². The van der Waals surface area contributed by atoms with Crippen molar-refractivity contribution in [1.29, 1.82) is 0 Å². The zero-order chi connectivity index (χ0) is 23.4. The van der Waals surface area contributed by atoms with Crippen LogP contribution in [0.15, 0.2) is 61.2 Å². The van der Waals surface area contributed by atoms with E-state index in [4.69, 9.17) is 15.0 Å². The third-order valence-electron chi connectivity index (χ3n) is 4.22. The largest absolute Gasteiger partial charge is 0.396 e. The smallest absolute Gasteiger partial charge is 0.167 e. The molecule has 0 bridgehead atoms. The lowest BCUT2D eigenvalue weighted by atomic mass is 9.96. The molecule has 0 saturated carbocycles. The van der Waals surface area contributed by atoms with Crippen LogP contribution in [0.3, 0.4) is 0 Å². The van der Waals surface area contributed by atoms with Crippen LogP contribution in [-0.2, 0) is 22.4 Å². The highest BCUT2D eigenvalue weighted by atomic mass is 19.2. The summed E-state index contributed by atoms with van der Waals surface area (Å²) in [7, 11) is 0. The van der Waals surface area contributed by atoms with Gasteiger partial charge in [-0.1, -0.05) is 37.4 Å². The minimum atomic E-state index is -0.872. The number of fused-ring (bicyclic) bond motifs is 3. The maximum atomic E-state index is 14.4. The maximum absolute atomic E-state index is 14.4. The van der Waals surface area contributed by atoms with E-state index in [1.165, 1.54) is 6.08 Å². The predicted molar refractivity (Wildman–Crippen MR) is 120 cm³/mol. The van der Waals surface area contributed by atoms with E-state index in [9.17, 15) is 13.6 Å². The van der Waals surface area contributed by atoms with Gasteiger partial charge >= 0.3 is 0 Å². The van der Waals surface area contributed by atoms with E-state index < -0.39 is 11.6 Å². The lowest BCUT2D eigenvalue weighted by Crippen LogP contribution is -1.96. The van der Waals surface area contributed by atoms with Crippen LogP contribution in [0.25, 0.3) is 21.5 Å². The highest BCUT2D eigenvalue weighted by molar-refractivity contribution is 6.08. The number of benzene rings is 3. The lowest BCUT2D eigenvalue weighted by molar-refractivity contribution is -0.105. The fraction of sp³-hybridized carbons (Fsp3) is 0.200. The van der Waals surface area contributed by atoms with Gasteiger partial charge < -0.3 is 10.2 Å². The second-order valence-corrected chi connectivity index (χ2v) is 6.67. The topological polar surface area (TPSA) is 74.6 Å². The summed E-state index contributed by atoms with van der Waals surface area (Å²) in [6, 6.07) is 10.3. The monoisotopic (exact) mass is 428 g/mol. The minimum Gasteiger partial charge on any atom is -0.396 e. The number of allylic oxidation sites excluding steroid dienone is 2. The Morgan fingerprint density at radius 3 is 1.48 bits per heavy atom. The fourth-order valence-corrected chi connectivity index (χ4v) is 2.82. The van der Waals surface area contributed by atoms with Gasteiger partial charge in [0.2, 0.25) is 0 Å². The van der Waals surface area contributed by atoms with Crippen molar-refractivity contribution in [3.05, 3.63) is 84.0 Å². The summed E-state index contributed by atoms with van der Waals surface area (Å²) in [6.45, 7) is 8.01. The number of aliphatic hydroxyl groups is 2. The van der Waals surface area contributed by atoms with Crippen molar-refractivity contribution in [3.63, 3.8) is 0 Å². The van der Waals surface area contributed by atoms with E-state index in [-0.39, 0.29) is 24.0 Å². The molecule has 0 spiro atoms. The molecule has 0 atom stereocenters. The molecule has 4 nitrogen and oxygen atoms in total. The Morgan fingerprint density at radius 1 is 0.871 bits per heavy atom. The first kappa shape index (κ1) is 25.8. The van der Waals surface area contributed by atoms with Crippen molar-refractivity contribution in [3.8, 4) is 0 Å². The van der Waals surface area contributed by atoms with E-state index >= 15 is 0 Å². The lowest BCUT2D eigenvalue weighted by Gasteiger charge is -2.10. The van der Waals surface area contributed by atoms with Gasteiger partial charge in [-0.05, 0) is 65.4 Å². The van der Waals surface area contributed by atoms with Crippen LogP contribution in [0.1, 0.15) is 18.1 Å². The van der Waals surface area contributed by atoms with Gasteiger partial charge in [-0.15, -0.1) is 0 Å². The third kappa shape index (κ3) is 7.20. The first-order valence-corrected chi connectivity index (χ1v) is 9.55. The number of hydrogen-bond acceptors (Lipinski definition) is 4. The van der Waals surface area contributed by atoms with Gasteiger partial charge in [0, 0.05) is 24.0 Å². The van der Waals surface area contributed by atoms with Crippen molar-refractivity contribution in [2.75, 3.05) is 13.2 Å². The summed E-state index contributed by atoms with van der Waals surface area (Å²) < 4.78 is 28.8. The second kappa shape index (κ2) is 13.2. The number of carbonyl (C=O) groups excluding carboxylic acids is 2. The normalized spacial score (nSPS) is 9.84. The van der Waals surface area contributed by atoms with E-state index in [2.05, 4.69) is 13.2 Å². The maximum Gasteiger partial charge on any atom is 0.167 e. The highest BCUT2D eigenvalue weighted by Gasteiger charge is 2.15. The number of aliphatic hydroxyl groups excluding tert-OH is 2. The molecule has 0 amide bonds. The van der Waals surface area contributed by atoms with Gasteiger partial charge in [0.15, 0.2) is 11.6 Å². The Balaban J connectivity index is 0.000000454. The van der Waals surface area contributed by atoms with Crippen molar-refractivity contribution < 1.29 is 28.6 Å². The third-order valence-corrected chi connectivity index (χ3v) is 4.22. The van der Waals surface area contributed by atoms with Crippen LogP contribution in [0.2, 0.25) is 0 Å². The quantitative estimate of drug-likeness (QED) is 0.345. The summed E-state index contributed by atoms with van der Waals surface area (Å²) >= 11 is 0. The Morgan fingerprint density at radius 2 is 1.23 bits per heavy atom. The molecule has 0 aliphatic rings. The van der Waals surface area contributed by atoms with Gasteiger partial charge in [-0.3, -0.25) is 9.59 Å². The average molecular weight is 428 g/mol. The first-order valence-electron chi connectivity index (χ1n) is 9.55. The molecule has 0 radical (unpaired) electrons. The van der Waals surface area contributed by atoms with E-state index in [1.54, 1.807) is 31.2 Å². The molecule has 3 aromatic carbocycles. The summed E-state index contributed by atoms with van der Waals surface area (Å²) in [5.41, 5.74) is 2.11. The highest BCUT2D eigenvalue weighted by Crippen LogP contribution is 2.32. The van der Waals surface area contributed by atoms with Gasteiger partial charge in [0.05, 0.1) is 0 Å². The molecular formula is C25H26F2O4. The molecule has 0 unspecified atom stereocenters. The SMILES string of the molecule is C=C(C)C=O.C=CC=O.OCCc1ccc2c(c1)c(F)c(F)c1cc(CCO)ccc12. The van der Waals surface area contributed by atoms with Crippen molar-refractivity contribution in [1.82, 2.24) is 0 Å². The Labute approximate surface area is 180 Å². The number of aldehydes is 2.